The van der Waals surface area contributed by atoms with Crippen molar-refractivity contribution in [2.24, 2.45) is 0 Å². The van der Waals surface area contributed by atoms with Gasteiger partial charge in [0.25, 0.3) is 0 Å². The van der Waals surface area contributed by atoms with Crippen molar-refractivity contribution in [3.8, 4) is 0 Å². The summed E-state index contributed by atoms with van der Waals surface area (Å²) < 4.78 is 0. The Hall–Kier alpha value is -0.120. The van der Waals surface area contributed by atoms with Crippen LogP contribution in [0.5, 0.6) is 0 Å². The number of carbonyl (C=O) groups is 2. The van der Waals surface area contributed by atoms with Crippen molar-refractivity contribution in [3.05, 3.63) is 0 Å². The Kier molecular flexibility index (Phi) is 30.5. The molecule has 0 unspecified atom stereocenters. The van der Waals surface area contributed by atoms with E-state index in [9.17, 15) is 19.8 Å². The summed E-state index contributed by atoms with van der Waals surface area (Å²) in [6.45, 7) is 0. The van der Waals surface area contributed by atoms with Gasteiger partial charge in [-0.1, -0.05) is 0 Å². The van der Waals surface area contributed by atoms with Gasteiger partial charge in [0.2, 0.25) is 0 Å². The van der Waals surface area contributed by atoms with Crippen LogP contribution in [0.3, 0.4) is 0 Å². The standard InChI is InChI=1S/C6H10O8.Ca.4H2O/c7-1(3(9)5(11)12)2(8)4(10)6(13)14;;;;;/h1-4,7-10H,(H,11,12)(H,13,14);;4*1H2/q;+2;;;;/p-2/t1-,2-,3-,4+;;;;;/m0...../s1. The smallest absolute Gasteiger partial charge is 0.547 e. The molecule has 13 heteroatoms. The molecule has 0 rings (SSSR count). The maximum Gasteiger partial charge on any atom is 2.00 e. The van der Waals surface area contributed by atoms with Gasteiger partial charge >= 0.3 is 37.7 Å². The largest absolute Gasteiger partial charge is 2.00 e. The van der Waals surface area contributed by atoms with E-state index in [-0.39, 0.29) is 59.6 Å². The number of rotatable bonds is 5. The molecule has 0 aliphatic heterocycles. The fourth-order valence-electron chi connectivity index (χ4n) is 0.652. The van der Waals surface area contributed by atoms with Gasteiger partial charge in [0, 0.05) is 0 Å². The van der Waals surface area contributed by atoms with Crippen molar-refractivity contribution in [1.29, 1.82) is 0 Å². The van der Waals surface area contributed by atoms with Crippen molar-refractivity contribution in [2.75, 3.05) is 0 Å². The van der Waals surface area contributed by atoms with E-state index in [1.807, 2.05) is 0 Å². The molecule has 12 nitrogen and oxygen atoms in total. The number of hydrogen-bond donors (Lipinski definition) is 4. The monoisotopic (exact) mass is 320 g/mol. The van der Waals surface area contributed by atoms with E-state index >= 15 is 0 Å². The first-order valence-electron chi connectivity index (χ1n) is 3.43. The van der Waals surface area contributed by atoms with Crippen LogP contribution in [0, 0.1) is 0 Å². The van der Waals surface area contributed by atoms with Crippen molar-refractivity contribution in [3.63, 3.8) is 0 Å². The van der Waals surface area contributed by atoms with Crippen LogP contribution < -0.4 is 10.2 Å². The minimum Gasteiger partial charge on any atom is -0.547 e. The SMILES string of the molecule is O.O.O.O.O=C([O-])[C@@H](O)[C@@H](O)[C@H](O)[C@@H](O)C(=O)[O-].[Ca+2]. The molecule has 0 saturated heterocycles. The van der Waals surface area contributed by atoms with E-state index in [0.29, 0.717) is 0 Å². The van der Waals surface area contributed by atoms with Crippen LogP contribution in [0.4, 0.5) is 0 Å². The molecule has 0 aliphatic carbocycles. The minimum atomic E-state index is -2.50. The molecule has 4 atom stereocenters. The topological polar surface area (TPSA) is 287 Å². The van der Waals surface area contributed by atoms with Gasteiger partial charge in [-0.2, -0.15) is 0 Å². The number of carboxylic acids is 2. The van der Waals surface area contributed by atoms with Crippen LogP contribution in [0.2, 0.25) is 0 Å². The Morgan fingerprint density at radius 3 is 0.947 bits per heavy atom. The van der Waals surface area contributed by atoms with Crippen molar-refractivity contribution in [1.82, 2.24) is 0 Å². The Balaban J connectivity index is -0.0000000845. The maximum atomic E-state index is 9.96. The molecule has 0 aromatic rings. The molecule has 114 valence electrons. The molecule has 12 N–H and O–H groups in total. The number of aliphatic carboxylic acids is 2. The van der Waals surface area contributed by atoms with E-state index in [1.54, 1.807) is 0 Å². The van der Waals surface area contributed by atoms with Crippen LogP contribution >= 0.6 is 0 Å². The maximum absolute atomic E-state index is 9.96. The van der Waals surface area contributed by atoms with Crippen LogP contribution in [0.1, 0.15) is 0 Å². The molecule has 0 spiro atoms. The summed E-state index contributed by atoms with van der Waals surface area (Å²) in [5, 5.41) is 54.7. The summed E-state index contributed by atoms with van der Waals surface area (Å²) in [5.74, 6) is -4.22. The van der Waals surface area contributed by atoms with Crippen LogP contribution in [0.25, 0.3) is 0 Å². The molecule has 0 radical (unpaired) electrons. The zero-order chi connectivity index (χ0) is 11.5. The average molecular weight is 320 g/mol. The zero-order valence-corrected chi connectivity index (χ0v) is 11.6. The summed E-state index contributed by atoms with van der Waals surface area (Å²) in [5.41, 5.74) is 0. The third-order valence-electron chi connectivity index (χ3n) is 1.48. The summed E-state index contributed by atoms with van der Waals surface area (Å²) >= 11 is 0. The van der Waals surface area contributed by atoms with Crippen LogP contribution in [-0.2, 0) is 9.59 Å². The van der Waals surface area contributed by atoms with Gasteiger partial charge in [0.1, 0.15) is 24.4 Å². The van der Waals surface area contributed by atoms with E-state index in [4.69, 9.17) is 20.4 Å². The summed E-state index contributed by atoms with van der Waals surface area (Å²) in [6.07, 6.45) is -9.76. The Morgan fingerprint density at radius 2 is 0.842 bits per heavy atom. The first-order valence-corrected chi connectivity index (χ1v) is 3.43. The van der Waals surface area contributed by atoms with Gasteiger partial charge in [-0.25, -0.2) is 0 Å². The molecule has 0 amide bonds. The minimum absolute atomic E-state index is 0. The van der Waals surface area contributed by atoms with Crippen molar-refractivity contribution >= 4 is 49.7 Å². The van der Waals surface area contributed by atoms with Crippen molar-refractivity contribution in [2.45, 2.75) is 24.4 Å². The summed E-state index contributed by atoms with van der Waals surface area (Å²) in [7, 11) is 0. The van der Waals surface area contributed by atoms with E-state index in [0.717, 1.165) is 0 Å². The second-order valence-corrected chi connectivity index (χ2v) is 2.51. The van der Waals surface area contributed by atoms with E-state index < -0.39 is 36.4 Å². The first-order chi connectivity index (χ1) is 6.29. The van der Waals surface area contributed by atoms with Gasteiger partial charge in [0.05, 0.1) is 11.9 Å². The third kappa shape index (κ3) is 11.4. The zero-order valence-electron chi connectivity index (χ0n) is 9.44. The normalized spacial score (nSPS) is 14.3. The van der Waals surface area contributed by atoms with Crippen LogP contribution in [0.15, 0.2) is 0 Å². The average Bonchev–Trinajstić information content (AvgIpc) is 2.12. The molecule has 0 heterocycles. The molecule has 0 aromatic heterocycles. The van der Waals surface area contributed by atoms with E-state index in [2.05, 4.69) is 0 Å². The summed E-state index contributed by atoms with van der Waals surface area (Å²) in [6, 6.07) is 0. The number of carboxylic acid groups (broad SMARTS) is 2. The molecule has 0 fully saturated rings. The number of carbonyl (C=O) groups excluding carboxylic acids is 2. The number of hydrogen-bond acceptors (Lipinski definition) is 8. The van der Waals surface area contributed by atoms with Gasteiger partial charge in [-0.15, -0.1) is 0 Å². The molecule has 0 saturated carbocycles. The fourth-order valence-corrected chi connectivity index (χ4v) is 0.652. The number of aliphatic hydroxyl groups is 4. The predicted octanol–water partition coefficient (Wildman–Crippen LogP) is -9.75. The van der Waals surface area contributed by atoms with Gasteiger partial charge in [-0.3, -0.25) is 0 Å². The first kappa shape index (κ1) is 36.4. The molecule has 0 aromatic carbocycles. The third-order valence-corrected chi connectivity index (χ3v) is 1.48. The Bertz CT molecular complexity index is 210. The number of aliphatic hydroxyl groups excluding tert-OH is 4. The Labute approximate surface area is 136 Å². The quantitative estimate of drug-likeness (QED) is 0.351. The van der Waals surface area contributed by atoms with Gasteiger partial charge in [-0.05, 0) is 0 Å². The second kappa shape index (κ2) is 15.9. The fraction of sp³-hybridized carbons (Fsp3) is 0.667. The molecular weight excluding hydrogens is 304 g/mol. The predicted molar refractivity (Wildman–Crippen MR) is 54.3 cm³/mol. The van der Waals surface area contributed by atoms with Crippen molar-refractivity contribution < 1.29 is 62.1 Å². The second-order valence-electron chi connectivity index (χ2n) is 2.51. The summed E-state index contributed by atoms with van der Waals surface area (Å²) in [4.78, 5) is 19.9. The Morgan fingerprint density at radius 1 is 0.684 bits per heavy atom. The molecule has 0 bridgehead atoms. The van der Waals surface area contributed by atoms with E-state index in [1.165, 1.54) is 0 Å². The van der Waals surface area contributed by atoms with Gasteiger partial charge < -0.3 is 62.1 Å². The molecule has 0 aliphatic rings. The molecular formula is C6H16CaO12. The van der Waals surface area contributed by atoms with Crippen LogP contribution in [-0.4, -0.2) is 116 Å². The van der Waals surface area contributed by atoms with Gasteiger partial charge in [0.15, 0.2) is 0 Å². The molecule has 19 heavy (non-hydrogen) atoms.